The van der Waals surface area contributed by atoms with Gasteiger partial charge in [-0.1, -0.05) is 42.5 Å². The zero-order valence-corrected chi connectivity index (χ0v) is 38.0. The largest absolute Gasteiger partial charge is 0.508 e. The molecule has 17 N–H and O–H groups in total. The number of hydrogen-bond acceptors (Lipinski definition) is 14. The third-order valence-electron chi connectivity index (χ3n) is 11.3. The number of aliphatic imine (C=N–C) groups is 1. The van der Waals surface area contributed by atoms with E-state index in [2.05, 4.69) is 47.7 Å². The molecule has 0 saturated carbocycles. The van der Waals surface area contributed by atoms with Gasteiger partial charge in [0.05, 0.1) is 31.2 Å². The average Bonchev–Trinajstić information content (AvgIpc) is 3.80. The Morgan fingerprint density at radius 1 is 0.768 bits per heavy atom. The number of aromatic hydroxyl groups is 1. The van der Waals surface area contributed by atoms with Crippen molar-refractivity contribution in [3.63, 3.8) is 0 Å². The second-order valence-electron chi connectivity index (χ2n) is 16.7. The summed E-state index contributed by atoms with van der Waals surface area (Å²) in [6.45, 7) is 0.0225. The second-order valence-corrected chi connectivity index (χ2v) is 16.7. The molecule has 2 fully saturated rings. The van der Waals surface area contributed by atoms with Gasteiger partial charge in [0.15, 0.2) is 5.96 Å². The van der Waals surface area contributed by atoms with E-state index >= 15 is 0 Å². The summed E-state index contributed by atoms with van der Waals surface area (Å²) in [6.07, 6.45) is -1.42. The average molecular weight is 966 g/mol. The third kappa shape index (κ3) is 18.7. The molecule has 69 heavy (non-hydrogen) atoms. The summed E-state index contributed by atoms with van der Waals surface area (Å²) in [5.41, 5.74) is 22.1. The molecular formula is C44H63N13O12. The molecule has 2 aromatic carbocycles. The van der Waals surface area contributed by atoms with Crippen LogP contribution >= 0.6 is 0 Å². The van der Waals surface area contributed by atoms with E-state index < -0.39 is 122 Å². The Bertz CT molecular complexity index is 2140. The molecule has 4 rings (SSSR count). The molecule has 2 aromatic rings. The lowest BCUT2D eigenvalue weighted by molar-refractivity contribution is -0.141. The Kier molecular flexibility index (Phi) is 21.6. The minimum atomic E-state index is -1.64. The number of nitrogens with two attached hydrogens (primary N) is 3. The fourth-order valence-corrected chi connectivity index (χ4v) is 7.83. The maximum Gasteiger partial charge on any atom is 0.305 e. The second kappa shape index (κ2) is 27.4. The minimum Gasteiger partial charge on any atom is -0.508 e. The number of hydrazine groups is 1. The smallest absolute Gasteiger partial charge is 0.305 e. The first kappa shape index (κ1) is 54.2. The molecule has 0 aliphatic carbocycles. The molecule has 2 saturated heterocycles. The lowest BCUT2D eigenvalue weighted by Gasteiger charge is -2.35. The Morgan fingerprint density at radius 3 is 2.09 bits per heavy atom. The number of likely N-dealkylation sites (tertiary alicyclic amines) is 1. The van der Waals surface area contributed by atoms with Gasteiger partial charge in [-0.05, 0) is 81.2 Å². The number of hydrogen-bond donors (Lipinski definition) is 14. The first-order valence-electron chi connectivity index (χ1n) is 22.5. The highest BCUT2D eigenvalue weighted by atomic mass is 16.4. The van der Waals surface area contributed by atoms with Crippen LogP contribution in [-0.2, 0) is 56.0 Å². The first-order chi connectivity index (χ1) is 32.9. The molecule has 7 amide bonds. The van der Waals surface area contributed by atoms with Gasteiger partial charge in [-0.25, -0.2) is 5.43 Å². The number of amides is 7. The van der Waals surface area contributed by atoms with Crippen LogP contribution in [0, 0.1) is 0 Å². The third-order valence-corrected chi connectivity index (χ3v) is 11.3. The number of carbonyl (C=O) groups is 9. The molecule has 2 heterocycles. The molecule has 0 bridgehead atoms. The normalized spacial score (nSPS) is 22.5. The Hall–Kier alpha value is -7.38. The van der Waals surface area contributed by atoms with E-state index in [4.69, 9.17) is 17.2 Å². The van der Waals surface area contributed by atoms with Crippen molar-refractivity contribution in [2.24, 2.45) is 22.2 Å². The molecule has 376 valence electrons. The fourth-order valence-electron chi connectivity index (χ4n) is 7.83. The van der Waals surface area contributed by atoms with Crippen molar-refractivity contribution in [3.8, 4) is 5.75 Å². The van der Waals surface area contributed by atoms with E-state index in [1.807, 2.05) is 0 Å². The number of carboxylic acid groups (broad SMARTS) is 2. The maximum absolute atomic E-state index is 14.3. The number of phenols is 1. The van der Waals surface area contributed by atoms with Gasteiger partial charge in [0.1, 0.15) is 29.9 Å². The summed E-state index contributed by atoms with van der Waals surface area (Å²) in [4.78, 5) is 124. The minimum absolute atomic E-state index is 0.00514. The summed E-state index contributed by atoms with van der Waals surface area (Å²) in [7, 11) is 0. The highest BCUT2D eigenvalue weighted by molar-refractivity contribution is 5.94. The summed E-state index contributed by atoms with van der Waals surface area (Å²) < 4.78 is 0. The van der Waals surface area contributed by atoms with Gasteiger partial charge < -0.3 is 64.4 Å². The number of nitrogens with one attached hydrogen (secondary N) is 8. The summed E-state index contributed by atoms with van der Waals surface area (Å²) in [6, 6.07) is 7.25. The summed E-state index contributed by atoms with van der Waals surface area (Å²) in [5.74, 6) is -8.40. The van der Waals surface area contributed by atoms with Crippen LogP contribution in [0.5, 0.6) is 5.75 Å². The monoisotopic (exact) mass is 965 g/mol. The molecule has 0 spiro atoms. The summed E-state index contributed by atoms with van der Waals surface area (Å²) in [5, 5.41) is 45.8. The molecule has 0 radical (unpaired) electrons. The van der Waals surface area contributed by atoms with Crippen LogP contribution in [0.4, 0.5) is 0 Å². The topological polar surface area (TPSA) is 404 Å². The number of guanidine groups is 1. The van der Waals surface area contributed by atoms with Crippen LogP contribution < -0.4 is 60.0 Å². The number of phenolic OH excluding ortho intramolecular Hbond substituents is 1. The van der Waals surface area contributed by atoms with Gasteiger partial charge >= 0.3 is 11.9 Å². The number of benzene rings is 2. The van der Waals surface area contributed by atoms with E-state index in [9.17, 15) is 58.5 Å². The predicted octanol–water partition coefficient (Wildman–Crippen LogP) is -3.73. The van der Waals surface area contributed by atoms with Crippen LogP contribution in [0.3, 0.4) is 0 Å². The Morgan fingerprint density at radius 2 is 1.42 bits per heavy atom. The molecule has 0 aromatic heterocycles. The van der Waals surface area contributed by atoms with Gasteiger partial charge in [0.2, 0.25) is 35.4 Å². The fraction of sp³-hybridized carbons (Fsp3) is 0.500. The number of aliphatic carboxylic acids is 2. The maximum atomic E-state index is 14.3. The van der Waals surface area contributed by atoms with Crippen LogP contribution in [0.1, 0.15) is 68.9 Å². The van der Waals surface area contributed by atoms with Gasteiger partial charge in [0.25, 0.3) is 5.91 Å². The van der Waals surface area contributed by atoms with Crippen LogP contribution in [0.2, 0.25) is 0 Å². The van der Waals surface area contributed by atoms with Crippen molar-refractivity contribution in [3.05, 3.63) is 65.7 Å². The molecule has 1 unspecified atom stereocenters. The standard InChI is InChI=1S/C44H63N13O12/c45-34(59)24-50-38(64)28(9-4-19-49-44(46)47)52-43(69)33-10-6-20-57(33)35-11-5-18-48-30(21-26-12-14-27(58)15-13-26)39(65)53-31(22-25-7-2-1-3-8-25)40(66)51-29(16-17-36(60)61)42(68)56-55-32(23-37(62)63)41(67)54-35/h1-3,7-8,12-15,28-33,35,48,55,58H,4-6,9-11,16-24H2,(H2,45,59)(H,50,64)(H,51,66)(H,52,69)(H,53,65)(H,54,67)(H,56,68)(H,60,61)(H,62,63)(H4,46,47,49)/t28-,29-,30-,31-,32-,33-,35?/m0/s1. The van der Waals surface area contributed by atoms with Crippen molar-refractivity contribution < 1.29 is 58.5 Å². The molecule has 2 aliphatic rings. The lowest BCUT2D eigenvalue weighted by Crippen LogP contribution is -2.62. The highest BCUT2D eigenvalue weighted by Crippen LogP contribution is 2.23. The number of primary amides is 1. The molecule has 7 atom stereocenters. The predicted molar refractivity (Wildman–Crippen MR) is 247 cm³/mol. The van der Waals surface area contributed by atoms with E-state index in [1.54, 1.807) is 47.4 Å². The van der Waals surface area contributed by atoms with Crippen molar-refractivity contribution in [2.45, 2.75) is 113 Å². The van der Waals surface area contributed by atoms with E-state index in [-0.39, 0.29) is 76.3 Å². The highest BCUT2D eigenvalue weighted by Gasteiger charge is 2.39. The molecule has 25 heteroatoms. The Labute approximate surface area is 397 Å². The van der Waals surface area contributed by atoms with Gasteiger partial charge in [-0.3, -0.25) is 58.5 Å². The van der Waals surface area contributed by atoms with Gasteiger partial charge in [-0.2, -0.15) is 0 Å². The van der Waals surface area contributed by atoms with Crippen molar-refractivity contribution in [1.29, 1.82) is 0 Å². The molecule has 2 aliphatic heterocycles. The van der Waals surface area contributed by atoms with Crippen LogP contribution in [0.15, 0.2) is 59.6 Å². The lowest BCUT2D eigenvalue weighted by atomic mass is 10.0. The van der Waals surface area contributed by atoms with Crippen molar-refractivity contribution in [2.75, 3.05) is 26.2 Å². The van der Waals surface area contributed by atoms with E-state index in [0.29, 0.717) is 17.5 Å². The number of rotatable bonds is 19. The Balaban J connectivity index is 1.70. The van der Waals surface area contributed by atoms with Crippen LogP contribution in [0.25, 0.3) is 0 Å². The van der Waals surface area contributed by atoms with E-state index in [0.717, 1.165) is 0 Å². The molecular weight excluding hydrogens is 903 g/mol. The number of carbonyl (C=O) groups excluding carboxylic acids is 7. The van der Waals surface area contributed by atoms with E-state index in [1.165, 1.54) is 12.1 Å². The van der Waals surface area contributed by atoms with Crippen molar-refractivity contribution in [1.82, 2.24) is 47.7 Å². The quantitative estimate of drug-likeness (QED) is 0.0366. The zero-order valence-electron chi connectivity index (χ0n) is 38.0. The van der Waals surface area contributed by atoms with Crippen LogP contribution in [-0.4, -0.2) is 148 Å². The number of carboxylic acids is 2. The summed E-state index contributed by atoms with van der Waals surface area (Å²) >= 11 is 0. The van der Waals surface area contributed by atoms with Gasteiger partial charge in [0, 0.05) is 25.9 Å². The number of nitrogens with zero attached hydrogens (tertiary/aromatic N) is 2. The van der Waals surface area contributed by atoms with Gasteiger partial charge in [-0.15, -0.1) is 0 Å². The SMILES string of the molecule is NC(=O)CNC(=O)[C@H](CCCN=C(N)N)NC(=O)[C@@H]1CCCN1C1CCCN[C@@H](Cc2ccc(O)cc2)C(=O)N[C@@H](Cc2ccccc2)C(=O)N[C@@H](CCC(=O)O)C(=O)NN[C@@H](CC(=O)O)C(=O)N1. The zero-order chi connectivity index (χ0) is 50.5. The molecule has 25 nitrogen and oxygen atoms in total. The first-order valence-corrected chi connectivity index (χ1v) is 22.5. The van der Waals surface area contributed by atoms with Crippen molar-refractivity contribution >= 4 is 59.2 Å².